The van der Waals surface area contributed by atoms with Crippen molar-refractivity contribution in [3.05, 3.63) is 46.8 Å². The zero-order valence-electron chi connectivity index (χ0n) is 10.2. The number of amides is 1. The Morgan fingerprint density at radius 3 is 2.33 bits per heavy atom. The first-order valence-corrected chi connectivity index (χ1v) is 5.54. The maximum atomic E-state index is 11.5. The van der Waals surface area contributed by atoms with E-state index in [1.165, 1.54) is 0 Å². The van der Waals surface area contributed by atoms with Crippen molar-refractivity contribution < 1.29 is 4.79 Å². The Hall–Kier alpha value is -2.54. The van der Waals surface area contributed by atoms with Gasteiger partial charge in [0, 0.05) is 17.0 Å². The smallest absolute Gasteiger partial charge is 0.251 e. The van der Waals surface area contributed by atoms with Crippen molar-refractivity contribution in [3.8, 4) is 17.2 Å². The normalized spacial score (nSPS) is 10.1. The molecule has 0 radical (unpaired) electrons. The molecule has 0 aliphatic carbocycles. The number of benzene rings is 1. The molecule has 1 aromatic carbocycles. The molecular formula is C14H13N3O. The van der Waals surface area contributed by atoms with Gasteiger partial charge in [-0.05, 0) is 31.5 Å². The SMILES string of the molecule is Cc1[nH]c(C)c(-c2ccc(C#N)cc2)c1C(N)=O. The molecule has 4 heteroatoms. The summed E-state index contributed by atoms with van der Waals surface area (Å²) < 4.78 is 0. The fourth-order valence-electron chi connectivity index (χ4n) is 2.16. The van der Waals surface area contributed by atoms with E-state index in [0.717, 1.165) is 22.5 Å². The van der Waals surface area contributed by atoms with Gasteiger partial charge in [0.05, 0.1) is 17.2 Å². The molecule has 0 spiro atoms. The molecule has 0 saturated carbocycles. The molecule has 1 heterocycles. The van der Waals surface area contributed by atoms with Crippen LogP contribution in [0.5, 0.6) is 0 Å². The number of rotatable bonds is 2. The number of carbonyl (C=O) groups is 1. The predicted molar refractivity (Wildman–Crippen MR) is 68.9 cm³/mol. The Bertz CT molecular complexity index is 645. The van der Waals surface area contributed by atoms with Crippen LogP contribution in [0.1, 0.15) is 27.3 Å². The van der Waals surface area contributed by atoms with E-state index in [4.69, 9.17) is 11.0 Å². The maximum absolute atomic E-state index is 11.5. The summed E-state index contributed by atoms with van der Waals surface area (Å²) in [6, 6.07) is 9.15. The quantitative estimate of drug-likeness (QED) is 0.842. The average Bonchev–Trinajstić information content (AvgIpc) is 2.64. The Kier molecular flexibility index (Phi) is 2.90. The van der Waals surface area contributed by atoms with Gasteiger partial charge in [0.15, 0.2) is 0 Å². The van der Waals surface area contributed by atoms with Crippen molar-refractivity contribution in [3.63, 3.8) is 0 Å². The first-order valence-electron chi connectivity index (χ1n) is 5.54. The number of hydrogen-bond donors (Lipinski definition) is 2. The Morgan fingerprint density at radius 1 is 1.22 bits per heavy atom. The fourth-order valence-corrected chi connectivity index (χ4v) is 2.16. The number of nitrogens with zero attached hydrogens (tertiary/aromatic N) is 1. The standard InChI is InChI=1S/C14H13N3O/c1-8-12(13(14(16)18)9(2)17-8)11-5-3-10(7-15)4-6-11/h3-6,17H,1-2H3,(H2,16,18). The molecule has 0 atom stereocenters. The van der Waals surface area contributed by atoms with Gasteiger partial charge in [0.1, 0.15) is 0 Å². The van der Waals surface area contributed by atoms with Gasteiger partial charge < -0.3 is 10.7 Å². The summed E-state index contributed by atoms with van der Waals surface area (Å²) in [5, 5.41) is 8.77. The van der Waals surface area contributed by atoms with Gasteiger partial charge in [-0.3, -0.25) is 4.79 Å². The number of aryl methyl sites for hydroxylation is 2. The van der Waals surface area contributed by atoms with E-state index in [9.17, 15) is 4.79 Å². The minimum absolute atomic E-state index is 0.448. The summed E-state index contributed by atoms with van der Waals surface area (Å²) in [7, 11) is 0. The molecule has 0 bridgehead atoms. The third kappa shape index (κ3) is 1.87. The molecule has 0 aliphatic heterocycles. The molecule has 2 rings (SSSR count). The van der Waals surface area contributed by atoms with Crippen LogP contribution >= 0.6 is 0 Å². The summed E-state index contributed by atoms with van der Waals surface area (Å²) >= 11 is 0. The Labute approximate surface area is 105 Å². The van der Waals surface area contributed by atoms with E-state index in [1.807, 2.05) is 26.0 Å². The largest absolute Gasteiger partial charge is 0.366 e. The molecule has 0 aliphatic rings. The lowest BCUT2D eigenvalue weighted by Crippen LogP contribution is -2.12. The highest BCUT2D eigenvalue weighted by Gasteiger charge is 2.18. The number of aromatic nitrogens is 1. The molecular weight excluding hydrogens is 226 g/mol. The second-order valence-electron chi connectivity index (χ2n) is 4.18. The summed E-state index contributed by atoms with van der Waals surface area (Å²) in [5.41, 5.74) is 9.86. The Morgan fingerprint density at radius 2 is 1.83 bits per heavy atom. The first kappa shape index (κ1) is 11.9. The summed E-state index contributed by atoms with van der Waals surface area (Å²) in [4.78, 5) is 14.6. The third-order valence-electron chi connectivity index (χ3n) is 2.92. The number of H-pyrrole nitrogens is 1. The van der Waals surface area contributed by atoms with Crippen LogP contribution in [-0.4, -0.2) is 10.9 Å². The molecule has 0 unspecified atom stereocenters. The second-order valence-corrected chi connectivity index (χ2v) is 4.18. The molecule has 0 fully saturated rings. The van der Waals surface area contributed by atoms with E-state index < -0.39 is 5.91 Å². The minimum atomic E-state index is -0.448. The molecule has 18 heavy (non-hydrogen) atoms. The van der Waals surface area contributed by atoms with Crippen LogP contribution in [-0.2, 0) is 0 Å². The van der Waals surface area contributed by atoms with Crippen molar-refractivity contribution >= 4 is 5.91 Å². The predicted octanol–water partition coefficient (Wildman–Crippen LogP) is 2.27. The highest BCUT2D eigenvalue weighted by Crippen LogP contribution is 2.29. The van der Waals surface area contributed by atoms with Crippen LogP contribution in [0.15, 0.2) is 24.3 Å². The van der Waals surface area contributed by atoms with Crippen LogP contribution in [0, 0.1) is 25.2 Å². The van der Waals surface area contributed by atoms with Gasteiger partial charge >= 0.3 is 0 Å². The van der Waals surface area contributed by atoms with Gasteiger partial charge in [-0.1, -0.05) is 12.1 Å². The zero-order chi connectivity index (χ0) is 13.3. The average molecular weight is 239 g/mol. The maximum Gasteiger partial charge on any atom is 0.251 e. The van der Waals surface area contributed by atoms with Crippen molar-refractivity contribution in [1.82, 2.24) is 4.98 Å². The molecule has 2 aromatic rings. The first-order chi connectivity index (χ1) is 8.54. The number of nitrogens with one attached hydrogen (secondary N) is 1. The van der Waals surface area contributed by atoms with Crippen LogP contribution in [0.3, 0.4) is 0 Å². The topological polar surface area (TPSA) is 82.7 Å². The monoisotopic (exact) mass is 239 g/mol. The minimum Gasteiger partial charge on any atom is -0.366 e. The summed E-state index contributed by atoms with van der Waals surface area (Å²) in [6.45, 7) is 3.72. The van der Waals surface area contributed by atoms with Gasteiger partial charge in [-0.25, -0.2) is 0 Å². The molecule has 1 amide bonds. The van der Waals surface area contributed by atoms with Gasteiger partial charge in [-0.15, -0.1) is 0 Å². The van der Waals surface area contributed by atoms with Crippen LogP contribution in [0.4, 0.5) is 0 Å². The van der Waals surface area contributed by atoms with Crippen LogP contribution in [0.2, 0.25) is 0 Å². The van der Waals surface area contributed by atoms with E-state index in [-0.39, 0.29) is 0 Å². The van der Waals surface area contributed by atoms with E-state index in [1.54, 1.807) is 12.1 Å². The van der Waals surface area contributed by atoms with E-state index in [2.05, 4.69) is 11.1 Å². The second kappa shape index (κ2) is 4.38. The molecule has 4 nitrogen and oxygen atoms in total. The van der Waals surface area contributed by atoms with Crippen molar-refractivity contribution in [2.75, 3.05) is 0 Å². The van der Waals surface area contributed by atoms with Gasteiger partial charge in [-0.2, -0.15) is 5.26 Å². The molecule has 3 N–H and O–H groups in total. The lowest BCUT2D eigenvalue weighted by molar-refractivity contribution is 0.100. The van der Waals surface area contributed by atoms with E-state index in [0.29, 0.717) is 11.1 Å². The lowest BCUT2D eigenvalue weighted by Gasteiger charge is -2.04. The number of hydrogen-bond acceptors (Lipinski definition) is 2. The lowest BCUT2D eigenvalue weighted by atomic mass is 9.99. The van der Waals surface area contributed by atoms with Crippen molar-refractivity contribution in [2.45, 2.75) is 13.8 Å². The number of nitriles is 1. The van der Waals surface area contributed by atoms with E-state index >= 15 is 0 Å². The molecule has 1 aromatic heterocycles. The molecule has 90 valence electrons. The zero-order valence-corrected chi connectivity index (χ0v) is 10.2. The van der Waals surface area contributed by atoms with Gasteiger partial charge in [0.25, 0.3) is 5.91 Å². The highest BCUT2D eigenvalue weighted by molar-refractivity contribution is 6.02. The third-order valence-corrected chi connectivity index (χ3v) is 2.92. The summed E-state index contributed by atoms with van der Waals surface area (Å²) in [6.07, 6.45) is 0. The summed E-state index contributed by atoms with van der Waals surface area (Å²) in [5.74, 6) is -0.448. The van der Waals surface area contributed by atoms with Crippen molar-refractivity contribution in [2.24, 2.45) is 5.73 Å². The fraction of sp³-hybridized carbons (Fsp3) is 0.143. The number of aromatic amines is 1. The number of carbonyl (C=O) groups excluding carboxylic acids is 1. The number of nitrogens with two attached hydrogens (primary N) is 1. The van der Waals surface area contributed by atoms with Crippen LogP contribution < -0.4 is 5.73 Å². The van der Waals surface area contributed by atoms with Crippen molar-refractivity contribution in [1.29, 1.82) is 5.26 Å². The highest BCUT2D eigenvalue weighted by atomic mass is 16.1. The van der Waals surface area contributed by atoms with Gasteiger partial charge in [0.2, 0.25) is 0 Å². The Balaban J connectivity index is 2.63. The number of primary amides is 1. The molecule has 0 saturated heterocycles. The van der Waals surface area contributed by atoms with Crippen LogP contribution in [0.25, 0.3) is 11.1 Å².